The fourth-order valence-electron chi connectivity index (χ4n) is 3.02. The number of benzene rings is 3. The molecule has 0 atom stereocenters. The summed E-state index contributed by atoms with van der Waals surface area (Å²) in [5, 5.41) is 4.62. The van der Waals surface area contributed by atoms with Crippen molar-refractivity contribution in [1.82, 2.24) is 9.97 Å². The third-order valence-corrected chi connectivity index (χ3v) is 5.82. The Labute approximate surface area is 173 Å². The van der Waals surface area contributed by atoms with Gasteiger partial charge in [0.1, 0.15) is 0 Å². The Bertz CT molecular complexity index is 1330. The normalized spacial score (nSPS) is 11.2. The van der Waals surface area contributed by atoms with E-state index in [4.69, 9.17) is 0 Å². The Hall–Kier alpha value is -3.78. The summed E-state index contributed by atoms with van der Waals surface area (Å²) in [5.41, 5.74) is 1.68. The van der Waals surface area contributed by atoms with Crippen molar-refractivity contribution in [3.05, 3.63) is 90.3 Å². The number of carbonyl (C=O) groups is 1. The molecule has 0 aliphatic heterocycles. The Morgan fingerprint density at radius 1 is 0.900 bits per heavy atom. The minimum Gasteiger partial charge on any atom is -0.322 e. The SMILES string of the molecule is Cc1ccnc(NS(=O)(=O)c2ccc(NC(=O)c3cccc4ccccc34)cc2)n1. The molecular weight excluding hydrogens is 400 g/mol. The van der Waals surface area contributed by atoms with E-state index in [0.717, 1.165) is 10.8 Å². The average molecular weight is 418 g/mol. The molecule has 150 valence electrons. The van der Waals surface area contributed by atoms with Crippen molar-refractivity contribution in [2.45, 2.75) is 11.8 Å². The number of nitrogens with one attached hydrogen (secondary N) is 2. The van der Waals surface area contributed by atoms with E-state index in [0.29, 0.717) is 16.9 Å². The fourth-order valence-corrected chi connectivity index (χ4v) is 3.97. The smallest absolute Gasteiger partial charge is 0.264 e. The van der Waals surface area contributed by atoms with Crippen LogP contribution in [0.3, 0.4) is 0 Å². The molecule has 3 aromatic carbocycles. The van der Waals surface area contributed by atoms with Gasteiger partial charge in [-0.3, -0.25) is 4.79 Å². The van der Waals surface area contributed by atoms with Gasteiger partial charge in [-0.1, -0.05) is 36.4 Å². The van der Waals surface area contributed by atoms with Crippen LogP contribution in [0, 0.1) is 6.92 Å². The standard InChI is InChI=1S/C22H18N4O3S/c1-15-13-14-23-22(24-15)26-30(28,29)18-11-9-17(10-12-18)25-21(27)20-8-4-6-16-5-2-3-7-19(16)20/h2-14H,1H3,(H,25,27)(H,23,24,26). The van der Waals surface area contributed by atoms with Gasteiger partial charge in [0, 0.05) is 23.1 Å². The molecule has 0 bridgehead atoms. The molecule has 0 unspecified atom stereocenters. The zero-order valence-electron chi connectivity index (χ0n) is 16.0. The molecule has 4 rings (SSSR count). The molecular formula is C22H18N4O3S. The lowest BCUT2D eigenvalue weighted by Gasteiger charge is -2.10. The van der Waals surface area contributed by atoms with Gasteiger partial charge in [0.2, 0.25) is 5.95 Å². The monoisotopic (exact) mass is 418 g/mol. The first-order valence-electron chi connectivity index (χ1n) is 9.14. The minimum atomic E-state index is -3.84. The van der Waals surface area contributed by atoms with E-state index in [-0.39, 0.29) is 16.8 Å². The van der Waals surface area contributed by atoms with Gasteiger partial charge in [0.15, 0.2) is 0 Å². The summed E-state index contributed by atoms with van der Waals surface area (Å²) >= 11 is 0. The highest BCUT2D eigenvalue weighted by Crippen LogP contribution is 2.21. The molecule has 2 N–H and O–H groups in total. The number of anilines is 2. The highest BCUT2D eigenvalue weighted by atomic mass is 32.2. The third-order valence-electron chi connectivity index (χ3n) is 4.48. The van der Waals surface area contributed by atoms with Gasteiger partial charge in [0.25, 0.3) is 15.9 Å². The van der Waals surface area contributed by atoms with Crippen LogP contribution in [0.15, 0.2) is 83.9 Å². The number of amides is 1. The number of sulfonamides is 1. The highest BCUT2D eigenvalue weighted by Gasteiger charge is 2.16. The van der Waals surface area contributed by atoms with Gasteiger partial charge in [-0.05, 0) is 54.1 Å². The van der Waals surface area contributed by atoms with E-state index in [1.165, 1.54) is 30.5 Å². The second-order valence-electron chi connectivity index (χ2n) is 6.63. The van der Waals surface area contributed by atoms with Crippen LogP contribution in [-0.4, -0.2) is 24.3 Å². The zero-order chi connectivity index (χ0) is 21.1. The van der Waals surface area contributed by atoms with E-state index >= 15 is 0 Å². The topological polar surface area (TPSA) is 101 Å². The number of aromatic nitrogens is 2. The van der Waals surface area contributed by atoms with Crippen molar-refractivity contribution in [3.63, 3.8) is 0 Å². The van der Waals surface area contributed by atoms with Crippen LogP contribution in [0.5, 0.6) is 0 Å². The van der Waals surface area contributed by atoms with Crippen molar-refractivity contribution in [3.8, 4) is 0 Å². The van der Waals surface area contributed by atoms with Gasteiger partial charge >= 0.3 is 0 Å². The predicted molar refractivity (Wildman–Crippen MR) is 116 cm³/mol. The first-order valence-corrected chi connectivity index (χ1v) is 10.6. The van der Waals surface area contributed by atoms with E-state index in [9.17, 15) is 13.2 Å². The Morgan fingerprint density at radius 2 is 1.63 bits per heavy atom. The van der Waals surface area contributed by atoms with Gasteiger partial charge in [-0.25, -0.2) is 23.1 Å². The molecule has 0 aliphatic carbocycles. The molecule has 0 saturated heterocycles. The number of nitrogens with zero attached hydrogens (tertiary/aromatic N) is 2. The van der Waals surface area contributed by atoms with Gasteiger partial charge in [0.05, 0.1) is 4.90 Å². The molecule has 1 amide bonds. The maximum absolute atomic E-state index is 12.7. The number of rotatable bonds is 5. The summed E-state index contributed by atoms with van der Waals surface area (Å²) in [4.78, 5) is 20.7. The Balaban J connectivity index is 1.52. The van der Waals surface area contributed by atoms with Crippen LogP contribution in [0.4, 0.5) is 11.6 Å². The first-order chi connectivity index (χ1) is 14.4. The predicted octanol–water partition coefficient (Wildman–Crippen LogP) is 3.99. The summed E-state index contributed by atoms with van der Waals surface area (Å²) < 4.78 is 27.4. The maximum atomic E-state index is 12.7. The second-order valence-corrected chi connectivity index (χ2v) is 8.31. The second kappa shape index (κ2) is 7.92. The molecule has 0 aliphatic rings. The van der Waals surface area contributed by atoms with Crippen molar-refractivity contribution in [2.75, 3.05) is 10.0 Å². The average Bonchev–Trinajstić information content (AvgIpc) is 2.73. The Kier molecular flexibility index (Phi) is 5.16. The van der Waals surface area contributed by atoms with Gasteiger partial charge in [-0.15, -0.1) is 0 Å². The summed E-state index contributed by atoms with van der Waals surface area (Å²) in [5.74, 6) is -0.267. The molecule has 30 heavy (non-hydrogen) atoms. The number of aryl methyl sites for hydroxylation is 1. The molecule has 0 saturated carbocycles. The zero-order valence-corrected chi connectivity index (χ0v) is 16.8. The maximum Gasteiger partial charge on any atom is 0.264 e. The van der Waals surface area contributed by atoms with Gasteiger partial charge < -0.3 is 5.32 Å². The van der Waals surface area contributed by atoms with Crippen LogP contribution >= 0.6 is 0 Å². The van der Waals surface area contributed by atoms with Crippen LogP contribution in [-0.2, 0) is 10.0 Å². The molecule has 1 aromatic heterocycles. The van der Waals surface area contributed by atoms with Crippen LogP contribution in [0.25, 0.3) is 10.8 Å². The molecule has 0 fully saturated rings. The molecule has 1 heterocycles. The molecule has 0 spiro atoms. The van der Waals surface area contributed by atoms with Crippen LogP contribution in [0.1, 0.15) is 16.1 Å². The Morgan fingerprint density at radius 3 is 2.40 bits per heavy atom. The molecule has 7 nitrogen and oxygen atoms in total. The summed E-state index contributed by atoms with van der Waals surface area (Å²) in [6.07, 6.45) is 1.48. The lowest BCUT2D eigenvalue weighted by molar-refractivity contribution is 0.102. The quantitative estimate of drug-likeness (QED) is 0.510. The summed E-state index contributed by atoms with van der Waals surface area (Å²) in [6.45, 7) is 1.74. The van der Waals surface area contributed by atoms with Crippen molar-refractivity contribution in [1.29, 1.82) is 0 Å². The molecule has 0 radical (unpaired) electrons. The lowest BCUT2D eigenvalue weighted by atomic mass is 10.0. The van der Waals surface area contributed by atoms with Crippen molar-refractivity contribution < 1.29 is 13.2 Å². The van der Waals surface area contributed by atoms with Gasteiger partial charge in [-0.2, -0.15) is 0 Å². The first kappa shape index (κ1) is 19.5. The molecule has 4 aromatic rings. The van der Waals surface area contributed by atoms with E-state index in [1.807, 2.05) is 36.4 Å². The minimum absolute atomic E-state index is 0.00309. The van der Waals surface area contributed by atoms with Crippen molar-refractivity contribution in [2.24, 2.45) is 0 Å². The summed E-state index contributed by atoms with van der Waals surface area (Å²) in [6, 6.07) is 20.7. The number of hydrogen-bond acceptors (Lipinski definition) is 5. The number of hydrogen-bond donors (Lipinski definition) is 2. The largest absolute Gasteiger partial charge is 0.322 e. The van der Waals surface area contributed by atoms with E-state index in [1.54, 1.807) is 19.1 Å². The van der Waals surface area contributed by atoms with Crippen LogP contribution < -0.4 is 10.0 Å². The van der Waals surface area contributed by atoms with Crippen molar-refractivity contribution >= 4 is 38.3 Å². The van der Waals surface area contributed by atoms with E-state index < -0.39 is 10.0 Å². The highest BCUT2D eigenvalue weighted by molar-refractivity contribution is 7.92. The molecule has 8 heteroatoms. The summed E-state index contributed by atoms with van der Waals surface area (Å²) in [7, 11) is -3.84. The fraction of sp³-hybridized carbons (Fsp3) is 0.0455. The van der Waals surface area contributed by atoms with Crippen LogP contribution in [0.2, 0.25) is 0 Å². The lowest BCUT2D eigenvalue weighted by Crippen LogP contribution is -2.16. The number of fused-ring (bicyclic) bond motifs is 1. The van der Waals surface area contributed by atoms with E-state index in [2.05, 4.69) is 20.0 Å². The number of carbonyl (C=O) groups excluding carboxylic acids is 1. The third kappa shape index (κ3) is 4.13.